The summed E-state index contributed by atoms with van der Waals surface area (Å²) in [6, 6.07) is 2.08. The zero-order chi connectivity index (χ0) is 18.7. The number of rotatable bonds is 7. The minimum absolute atomic E-state index is 0.122. The second-order valence-electron chi connectivity index (χ2n) is 7.92. The molecule has 0 spiro atoms. The van der Waals surface area contributed by atoms with Gasteiger partial charge < -0.3 is 15.5 Å². The fourth-order valence-corrected chi connectivity index (χ4v) is 3.40. The smallest absolute Gasteiger partial charge is 0.153 e. The molecule has 1 aromatic rings. The zero-order valence-corrected chi connectivity index (χ0v) is 16.5. The van der Waals surface area contributed by atoms with Gasteiger partial charge in [0.1, 0.15) is 11.7 Å². The molecule has 3 N–H and O–H groups in total. The maximum absolute atomic E-state index is 4.73. The van der Waals surface area contributed by atoms with Gasteiger partial charge in [0.25, 0.3) is 0 Å². The van der Waals surface area contributed by atoms with Crippen LogP contribution in [0.25, 0.3) is 0 Å². The molecule has 1 atom stereocenters. The van der Waals surface area contributed by atoms with Gasteiger partial charge in [-0.2, -0.15) is 5.10 Å². The molecule has 2 fully saturated rings. The molecule has 1 aromatic heterocycles. The Labute approximate surface area is 156 Å². The molecule has 1 unspecified atom stereocenters. The third-order valence-corrected chi connectivity index (χ3v) is 5.66. The Hall–Kier alpha value is -2.08. The first kappa shape index (κ1) is 18.7. The van der Waals surface area contributed by atoms with Gasteiger partial charge in [-0.25, -0.2) is 4.99 Å². The highest BCUT2D eigenvalue weighted by molar-refractivity contribution is 6.03. The summed E-state index contributed by atoms with van der Waals surface area (Å²) in [5.74, 6) is 3.63. The third-order valence-electron chi connectivity index (χ3n) is 5.66. The summed E-state index contributed by atoms with van der Waals surface area (Å²) in [5, 5.41) is 14.2. The predicted molar refractivity (Wildman–Crippen MR) is 108 cm³/mol. The molecule has 1 saturated heterocycles. The quantitative estimate of drug-likeness (QED) is 0.517. The van der Waals surface area contributed by atoms with E-state index >= 15 is 0 Å². The van der Waals surface area contributed by atoms with Crippen LogP contribution in [0.15, 0.2) is 35.6 Å². The first-order valence-electron chi connectivity index (χ1n) is 9.59. The fraction of sp³-hybridized carbons (Fsp3) is 0.600. The molecule has 2 heterocycles. The van der Waals surface area contributed by atoms with E-state index in [1.807, 2.05) is 26.1 Å². The van der Waals surface area contributed by atoms with Gasteiger partial charge in [0, 0.05) is 36.3 Å². The zero-order valence-electron chi connectivity index (χ0n) is 16.5. The first-order chi connectivity index (χ1) is 12.4. The van der Waals surface area contributed by atoms with Crippen molar-refractivity contribution in [1.29, 1.82) is 0 Å². The monoisotopic (exact) mass is 356 g/mol. The van der Waals surface area contributed by atoms with Gasteiger partial charge in [0.05, 0.1) is 0 Å². The first-order valence-corrected chi connectivity index (χ1v) is 9.59. The van der Waals surface area contributed by atoms with Crippen LogP contribution in [-0.2, 0) is 0 Å². The average Bonchev–Trinajstić information content (AvgIpc) is 3.14. The van der Waals surface area contributed by atoms with Crippen LogP contribution >= 0.6 is 0 Å². The van der Waals surface area contributed by atoms with Crippen molar-refractivity contribution >= 4 is 11.7 Å². The lowest BCUT2D eigenvalue weighted by Crippen LogP contribution is -2.44. The molecule has 0 amide bonds. The van der Waals surface area contributed by atoms with Crippen molar-refractivity contribution in [1.82, 2.24) is 20.4 Å². The molecular weight excluding hydrogens is 324 g/mol. The van der Waals surface area contributed by atoms with Crippen molar-refractivity contribution in [3.05, 3.63) is 36.3 Å². The number of likely N-dealkylation sites (tertiary alicyclic amines) is 1. The number of H-pyrrole nitrogens is 1. The van der Waals surface area contributed by atoms with Crippen LogP contribution in [0, 0.1) is 5.92 Å². The molecule has 1 aliphatic carbocycles. The van der Waals surface area contributed by atoms with Crippen molar-refractivity contribution < 1.29 is 0 Å². The number of hydrogen-bond donors (Lipinski definition) is 3. The topological polar surface area (TPSA) is 68.3 Å². The summed E-state index contributed by atoms with van der Waals surface area (Å²) in [5.41, 5.74) is 1.33. The number of aliphatic imine (C=N–C) groups is 1. The molecule has 6 nitrogen and oxygen atoms in total. The van der Waals surface area contributed by atoms with Crippen LogP contribution in [0.2, 0.25) is 0 Å². The van der Waals surface area contributed by atoms with E-state index in [1.54, 1.807) is 0 Å². The minimum Gasteiger partial charge on any atom is -0.357 e. The van der Waals surface area contributed by atoms with Crippen molar-refractivity contribution in [2.75, 3.05) is 25.5 Å². The van der Waals surface area contributed by atoms with Crippen molar-refractivity contribution in [3.8, 4) is 0 Å². The molecule has 6 heteroatoms. The summed E-state index contributed by atoms with van der Waals surface area (Å²) in [4.78, 5) is 7.00. The molecule has 0 bridgehead atoms. The largest absolute Gasteiger partial charge is 0.357 e. The van der Waals surface area contributed by atoms with Crippen LogP contribution in [0.5, 0.6) is 0 Å². The SMILES string of the molecule is C=C(/N=C(\C=C/C)Nc1cc(C2CC2)[nH]n1)N1CCC(C(C)(C)NC)C1. The minimum atomic E-state index is 0.122. The molecule has 26 heavy (non-hydrogen) atoms. The summed E-state index contributed by atoms with van der Waals surface area (Å²) >= 11 is 0. The van der Waals surface area contributed by atoms with E-state index < -0.39 is 0 Å². The van der Waals surface area contributed by atoms with Crippen molar-refractivity contribution in [3.63, 3.8) is 0 Å². The molecule has 0 radical (unpaired) electrons. The molecule has 0 aromatic carbocycles. The maximum atomic E-state index is 4.73. The number of allylic oxidation sites excluding steroid dienone is 1. The summed E-state index contributed by atoms with van der Waals surface area (Å²) < 4.78 is 0. The van der Waals surface area contributed by atoms with Crippen LogP contribution in [0.1, 0.15) is 51.6 Å². The normalized spacial score (nSPS) is 21.6. The second kappa shape index (κ2) is 7.66. The van der Waals surface area contributed by atoms with Gasteiger partial charge in [-0.3, -0.25) is 5.10 Å². The van der Waals surface area contributed by atoms with Crippen LogP contribution in [-0.4, -0.2) is 46.6 Å². The van der Waals surface area contributed by atoms with Gasteiger partial charge >= 0.3 is 0 Å². The van der Waals surface area contributed by atoms with Gasteiger partial charge in [0.15, 0.2) is 5.82 Å². The summed E-state index contributed by atoms with van der Waals surface area (Å²) in [7, 11) is 2.03. The highest BCUT2D eigenvalue weighted by atomic mass is 15.3. The van der Waals surface area contributed by atoms with E-state index in [0.29, 0.717) is 11.8 Å². The number of nitrogens with zero attached hydrogens (tertiary/aromatic N) is 3. The Morgan fingerprint density at radius 3 is 2.85 bits per heavy atom. The van der Waals surface area contributed by atoms with Crippen molar-refractivity contribution in [2.45, 2.75) is 51.5 Å². The van der Waals surface area contributed by atoms with E-state index in [4.69, 9.17) is 4.99 Å². The van der Waals surface area contributed by atoms with Crippen molar-refractivity contribution in [2.24, 2.45) is 10.9 Å². The van der Waals surface area contributed by atoms with Crippen LogP contribution in [0.4, 0.5) is 5.82 Å². The highest BCUT2D eigenvalue weighted by Crippen LogP contribution is 2.39. The van der Waals surface area contributed by atoms with Gasteiger partial charge in [-0.05, 0) is 59.1 Å². The molecule has 1 aliphatic heterocycles. The number of amidine groups is 1. The number of hydrogen-bond acceptors (Lipinski definition) is 4. The lowest BCUT2D eigenvalue weighted by Gasteiger charge is -2.31. The third kappa shape index (κ3) is 4.36. The Morgan fingerprint density at radius 1 is 1.42 bits per heavy atom. The van der Waals surface area contributed by atoms with Gasteiger partial charge in [0.2, 0.25) is 0 Å². The van der Waals surface area contributed by atoms with Crippen LogP contribution < -0.4 is 10.6 Å². The number of nitrogens with one attached hydrogen (secondary N) is 3. The standard InChI is InChI=1S/C20H32N6/c1-6-7-18(23-19-12-17(24-25-19)15-8-9-15)22-14(2)26-11-10-16(13-26)20(3,4)21-5/h6-7,12,15-16,21H,2,8-11,13H2,1,3-5H3,(H2,22,23,24,25)/b7-6-. The average molecular weight is 357 g/mol. The van der Waals surface area contributed by atoms with E-state index in [9.17, 15) is 0 Å². The van der Waals surface area contributed by atoms with E-state index in [0.717, 1.165) is 37.0 Å². The fourth-order valence-electron chi connectivity index (χ4n) is 3.40. The summed E-state index contributed by atoms with van der Waals surface area (Å²) in [6.07, 6.45) is 7.60. The summed E-state index contributed by atoms with van der Waals surface area (Å²) in [6.45, 7) is 12.7. The lowest BCUT2D eigenvalue weighted by molar-refractivity contribution is 0.268. The van der Waals surface area contributed by atoms with Gasteiger partial charge in [-0.1, -0.05) is 12.7 Å². The van der Waals surface area contributed by atoms with E-state index in [-0.39, 0.29) is 5.54 Å². The Bertz CT molecular complexity index is 695. The van der Waals surface area contributed by atoms with Gasteiger partial charge in [-0.15, -0.1) is 0 Å². The van der Waals surface area contributed by atoms with E-state index in [1.165, 1.54) is 18.5 Å². The Morgan fingerprint density at radius 2 is 2.19 bits per heavy atom. The Balaban J connectivity index is 1.65. The highest BCUT2D eigenvalue weighted by Gasteiger charge is 2.34. The van der Waals surface area contributed by atoms with E-state index in [2.05, 4.69) is 52.2 Å². The lowest BCUT2D eigenvalue weighted by atomic mass is 9.87. The predicted octanol–water partition coefficient (Wildman–Crippen LogP) is 3.46. The number of aromatic nitrogens is 2. The second-order valence-corrected chi connectivity index (χ2v) is 7.92. The van der Waals surface area contributed by atoms with Crippen LogP contribution in [0.3, 0.4) is 0 Å². The molecule has 1 saturated carbocycles. The molecular formula is C20H32N6. The number of aromatic amines is 1. The molecule has 142 valence electrons. The number of anilines is 1. The Kier molecular flexibility index (Phi) is 5.51. The molecule has 3 rings (SSSR count). The maximum Gasteiger partial charge on any atom is 0.153 e. The molecule has 2 aliphatic rings.